The number of nitrogens with zero attached hydrogens (tertiary/aromatic N) is 3. The molecule has 0 aromatic carbocycles. The van der Waals surface area contributed by atoms with E-state index in [-0.39, 0.29) is 5.91 Å². The molecule has 1 atom stereocenters. The summed E-state index contributed by atoms with van der Waals surface area (Å²) in [6.07, 6.45) is 3.53. The number of hydrogen-bond donors (Lipinski definition) is 1. The number of rotatable bonds is 2. The van der Waals surface area contributed by atoms with E-state index in [0.717, 1.165) is 12.8 Å². The number of aryl methyl sites for hydroxylation is 1. The Morgan fingerprint density at radius 1 is 1.43 bits per heavy atom. The van der Waals surface area contributed by atoms with E-state index in [4.69, 9.17) is 4.52 Å². The number of likely N-dealkylation sites (tertiary alicyclic amines) is 1. The number of fused-ring (bicyclic) bond motifs is 1. The molecule has 0 bridgehead atoms. The van der Waals surface area contributed by atoms with Crippen LogP contribution >= 0.6 is 0 Å². The van der Waals surface area contributed by atoms with Gasteiger partial charge in [0.05, 0.1) is 16.6 Å². The van der Waals surface area contributed by atoms with E-state index in [1.165, 1.54) is 11.1 Å². The fraction of sp³-hybridized carbons (Fsp3) is 0.429. The summed E-state index contributed by atoms with van der Waals surface area (Å²) >= 11 is 0. The highest BCUT2D eigenvalue weighted by Gasteiger charge is 2.32. The number of hydrogen-bond acceptors (Lipinski definition) is 5. The smallest absolute Gasteiger partial charge is 0.326 e. The Morgan fingerprint density at radius 3 is 3.00 bits per heavy atom. The third kappa shape index (κ3) is 2.35. The Labute approximate surface area is 120 Å². The zero-order valence-electron chi connectivity index (χ0n) is 11.6. The van der Waals surface area contributed by atoms with Crippen LogP contribution in [0.4, 0.5) is 0 Å². The van der Waals surface area contributed by atoms with Gasteiger partial charge in [0.2, 0.25) is 0 Å². The first-order chi connectivity index (χ1) is 10.1. The molecule has 2 aromatic rings. The van der Waals surface area contributed by atoms with Crippen molar-refractivity contribution in [2.24, 2.45) is 0 Å². The average Bonchev–Trinajstić information content (AvgIpc) is 2.87. The molecule has 0 aliphatic carbocycles. The maximum atomic E-state index is 12.6. The van der Waals surface area contributed by atoms with E-state index >= 15 is 0 Å². The van der Waals surface area contributed by atoms with E-state index in [1.54, 1.807) is 13.0 Å². The molecule has 3 rings (SSSR count). The minimum atomic E-state index is -0.960. The van der Waals surface area contributed by atoms with Crippen LogP contribution in [-0.4, -0.2) is 44.6 Å². The van der Waals surface area contributed by atoms with Gasteiger partial charge < -0.3 is 14.5 Å². The quantitative estimate of drug-likeness (QED) is 0.902. The predicted molar refractivity (Wildman–Crippen MR) is 72.9 cm³/mol. The molecule has 0 spiro atoms. The van der Waals surface area contributed by atoms with Crippen molar-refractivity contribution in [1.29, 1.82) is 0 Å². The molecule has 1 N–H and O–H groups in total. The Kier molecular flexibility index (Phi) is 3.32. The van der Waals surface area contributed by atoms with Gasteiger partial charge in [-0.25, -0.2) is 9.78 Å². The number of carboxylic acids is 1. The van der Waals surface area contributed by atoms with Gasteiger partial charge in [0.1, 0.15) is 6.04 Å². The second-order valence-corrected chi connectivity index (χ2v) is 5.19. The van der Waals surface area contributed by atoms with Gasteiger partial charge in [-0.2, -0.15) is 0 Å². The Balaban J connectivity index is 1.94. The number of carbonyl (C=O) groups excluding carboxylic acids is 1. The maximum absolute atomic E-state index is 12.6. The van der Waals surface area contributed by atoms with E-state index in [9.17, 15) is 14.7 Å². The van der Waals surface area contributed by atoms with E-state index < -0.39 is 12.0 Å². The first kappa shape index (κ1) is 13.5. The van der Waals surface area contributed by atoms with Gasteiger partial charge in [0.15, 0.2) is 0 Å². The molecule has 3 heterocycles. The molecule has 7 nitrogen and oxygen atoms in total. The zero-order valence-corrected chi connectivity index (χ0v) is 11.6. The molecule has 1 saturated heterocycles. The molecule has 1 aliphatic heterocycles. The summed E-state index contributed by atoms with van der Waals surface area (Å²) in [7, 11) is 0. The van der Waals surface area contributed by atoms with E-state index in [2.05, 4.69) is 10.1 Å². The van der Waals surface area contributed by atoms with Gasteiger partial charge in [0, 0.05) is 12.7 Å². The Hall–Kier alpha value is -2.44. The lowest BCUT2D eigenvalue weighted by atomic mass is 10.0. The van der Waals surface area contributed by atoms with Crippen molar-refractivity contribution < 1.29 is 19.2 Å². The van der Waals surface area contributed by atoms with Crippen molar-refractivity contribution in [3.63, 3.8) is 0 Å². The normalized spacial score (nSPS) is 18.9. The third-order valence-electron chi connectivity index (χ3n) is 3.81. The molecular weight excluding hydrogens is 274 g/mol. The van der Waals surface area contributed by atoms with Crippen molar-refractivity contribution in [1.82, 2.24) is 15.0 Å². The lowest BCUT2D eigenvalue weighted by Gasteiger charge is -2.32. The van der Waals surface area contributed by atoms with Crippen molar-refractivity contribution >= 4 is 23.0 Å². The SMILES string of the molecule is Cc1noc2ncc(C(=O)N3CCCC[C@@H]3C(=O)O)cc12. The third-order valence-corrected chi connectivity index (χ3v) is 3.81. The number of piperidine rings is 1. The molecular formula is C14H15N3O4. The van der Waals surface area contributed by atoms with Crippen LogP contribution in [0.25, 0.3) is 11.1 Å². The standard InChI is InChI=1S/C14H15N3O4/c1-8-10-6-9(7-15-12(10)21-16-8)13(18)17-5-3-2-4-11(17)14(19)20/h6-7,11H,2-5H2,1H3,(H,19,20)/t11-/m1/s1. The average molecular weight is 289 g/mol. The maximum Gasteiger partial charge on any atom is 0.326 e. The zero-order chi connectivity index (χ0) is 15.0. The van der Waals surface area contributed by atoms with Crippen molar-refractivity contribution in [3.05, 3.63) is 23.5 Å². The van der Waals surface area contributed by atoms with Crippen molar-refractivity contribution in [2.75, 3.05) is 6.54 Å². The van der Waals surface area contributed by atoms with Gasteiger partial charge in [0.25, 0.3) is 11.6 Å². The molecule has 110 valence electrons. The minimum absolute atomic E-state index is 0.308. The Bertz CT molecular complexity index is 709. The number of amides is 1. The second kappa shape index (κ2) is 5.16. The lowest BCUT2D eigenvalue weighted by Crippen LogP contribution is -2.48. The summed E-state index contributed by atoms with van der Waals surface area (Å²) in [5.74, 6) is -1.27. The van der Waals surface area contributed by atoms with Gasteiger partial charge in [-0.3, -0.25) is 4.79 Å². The van der Waals surface area contributed by atoms with Gasteiger partial charge in [-0.15, -0.1) is 0 Å². The minimum Gasteiger partial charge on any atom is -0.480 e. The van der Waals surface area contributed by atoms with Crippen LogP contribution in [0.1, 0.15) is 35.3 Å². The van der Waals surface area contributed by atoms with Gasteiger partial charge in [-0.1, -0.05) is 5.16 Å². The van der Waals surface area contributed by atoms with Crippen LogP contribution in [0.15, 0.2) is 16.8 Å². The number of aromatic nitrogens is 2. The summed E-state index contributed by atoms with van der Waals surface area (Å²) in [6.45, 7) is 2.22. The van der Waals surface area contributed by atoms with E-state index in [0.29, 0.717) is 35.3 Å². The molecule has 1 fully saturated rings. The van der Waals surface area contributed by atoms with Crippen LogP contribution in [0.5, 0.6) is 0 Å². The lowest BCUT2D eigenvalue weighted by molar-refractivity contribution is -0.143. The summed E-state index contributed by atoms with van der Waals surface area (Å²) in [5, 5.41) is 13.7. The summed E-state index contributed by atoms with van der Waals surface area (Å²) in [5.41, 5.74) is 1.39. The highest BCUT2D eigenvalue weighted by molar-refractivity contribution is 5.98. The molecule has 21 heavy (non-hydrogen) atoms. The number of pyridine rings is 1. The highest BCUT2D eigenvalue weighted by atomic mass is 16.5. The van der Waals surface area contributed by atoms with Crippen LogP contribution in [0, 0.1) is 6.92 Å². The molecule has 0 unspecified atom stereocenters. The van der Waals surface area contributed by atoms with Crippen LogP contribution in [0.3, 0.4) is 0 Å². The van der Waals surface area contributed by atoms with Crippen LogP contribution < -0.4 is 0 Å². The summed E-state index contributed by atoms with van der Waals surface area (Å²) in [6, 6.07) is 0.898. The Morgan fingerprint density at radius 2 is 2.24 bits per heavy atom. The molecule has 1 amide bonds. The number of carboxylic acid groups (broad SMARTS) is 1. The topological polar surface area (TPSA) is 96.5 Å². The monoisotopic (exact) mass is 289 g/mol. The van der Waals surface area contributed by atoms with Gasteiger partial charge >= 0.3 is 5.97 Å². The molecule has 0 radical (unpaired) electrons. The molecule has 7 heteroatoms. The fourth-order valence-electron chi connectivity index (χ4n) is 2.66. The summed E-state index contributed by atoms with van der Waals surface area (Å²) < 4.78 is 5.01. The largest absolute Gasteiger partial charge is 0.480 e. The summed E-state index contributed by atoms with van der Waals surface area (Å²) in [4.78, 5) is 29.3. The molecule has 1 aliphatic rings. The number of carbonyl (C=O) groups is 2. The predicted octanol–water partition coefficient (Wildman–Crippen LogP) is 1.61. The first-order valence-corrected chi connectivity index (χ1v) is 6.83. The van der Waals surface area contributed by atoms with Crippen LogP contribution in [-0.2, 0) is 4.79 Å². The molecule has 0 saturated carbocycles. The fourth-order valence-corrected chi connectivity index (χ4v) is 2.66. The second-order valence-electron chi connectivity index (χ2n) is 5.19. The molecule has 2 aromatic heterocycles. The van der Waals surface area contributed by atoms with Crippen LogP contribution in [0.2, 0.25) is 0 Å². The highest BCUT2D eigenvalue weighted by Crippen LogP contribution is 2.22. The van der Waals surface area contributed by atoms with Gasteiger partial charge in [-0.05, 0) is 32.3 Å². The number of aliphatic carboxylic acids is 1. The first-order valence-electron chi connectivity index (χ1n) is 6.83. The van der Waals surface area contributed by atoms with E-state index in [1.807, 2.05) is 0 Å². The van der Waals surface area contributed by atoms with Crippen molar-refractivity contribution in [3.8, 4) is 0 Å². The van der Waals surface area contributed by atoms with Crippen molar-refractivity contribution in [2.45, 2.75) is 32.2 Å².